The molecule has 0 fully saturated rings. The van der Waals surface area contributed by atoms with Crippen molar-refractivity contribution < 1.29 is 0 Å². The van der Waals surface area contributed by atoms with Crippen LogP contribution in [-0.2, 0) is 0 Å². The molecule has 0 aliphatic carbocycles. The molecule has 0 saturated carbocycles. The summed E-state index contributed by atoms with van der Waals surface area (Å²) >= 11 is 5.62. The van der Waals surface area contributed by atoms with Gasteiger partial charge in [0.05, 0.1) is 0 Å². The lowest BCUT2D eigenvalue weighted by Crippen LogP contribution is -2.03. The topological polar surface area (TPSA) is 37.8 Å². The van der Waals surface area contributed by atoms with Gasteiger partial charge in [0.25, 0.3) is 0 Å². The van der Waals surface area contributed by atoms with Crippen LogP contribution in [0.2, 0.25) is 5.28 Å². The predicted molar refractivity (Wildman–Crippen MR) is 54.7 cm³/mol. The van der Waals surface area contributed by atoms with Gasteiger partial charge in [-0.05, 0) is 25.6 Å². The zero-order chi connectivity index (χ0) is 9.68. The molecule has 1 heterocycles. The van der Waals surface area contributed by atoms with E-state index in [-0.39, 0.29) is 0 Å². The molecule has 0 atom stereocenters. The standard InChI is InChI=1S/C9H12ClN3/c1-7-8(4-3-5-11-2)6-12-9(10)13-7/h3-4,6,11H,5H2,1-2H3. The Hall–Kier alpha value is -0.930. The maximum absolute atomic E-state index is 5.62. The van der Waals surface area contributed by atoms with Crippen LogP contribution in [0.1, 0.15) is 11.3 Å². The molecule has 1 aromatic heterocycles. The molecule has 0 unspecified atom stereocenters. The van der Waals surface area contributed by atoms with E-state index in [1.165, 1.54) is 0 Å². The van der Waals surface area contributed by atoms with Gasteiger partial charge in [0.2, 0.25) is 5.28 Å². The van der Waals surface area contributed by atoms with Gasteiger partial charge < -0.3 is 5.32 Å². The lowest BCUT2D eigenvalue weighted by atomic mass is 10.2. The molecular weight excluding hydrogens is 186 g/mol. The molecule has 1 N–H and O–H groups in total. The van der Waals surface area contributed by atoms with E-state index in [0.29, 0.717) is 5.28 Å². The summed E-state index contributed by atoms with van der Waals surface area (Å²) in [6.45, 7) is 2.74. The first-order valence-corrected chi connectivity index (χ1v) is 4.42. The Labute approximate surface area is 82.9 Å². The minimum absolute atomic E-state index is 0.295. The van der Waals surface area contributed by atoms with E-state index in [4.69, 9.17) is 11.6 Å². The summed E-state index contributed by atoms with van der Waals surface area (Å²) in [5, 5.41) is 3.31. The molecule has 3 nitrogen and oxygen atoms in total. The van der Waals surface area contributed by atoms with Crippen LogP contribution in [0.4, 0.5) is 0 Å². The third kappa shape index (κ3) is 3.13. The first-order valence-electron chi connectivity index (χ1n) is 4.04. The quantitative estimate of drug-likeness (QED) is 0.750. The van der Waals surface area contributed by atoms with Gasteiger partial charge in [0.15, 0.2) is 0 Å². The third-order valence-corrected chi connectivity index (χ3v) is 1.79. The van der Waals surface area contributed by atoms with Gasteiger partial charge in [-0.25, -0.2) is 9.97 Å². The molecule has 13 heavy (non-hydrogen) atoms. The van der Waals surface area contributed by atoms with Crippen molar-refractivity contribution in [2.45, 2.75) is 6.92 Å². The summed E-state index contributed by atoms with van der Waals surface area (Å²) in [7, 11) is 1.90. The summed E-state index contributed by atoms with van der Waals surface area (Å²) in [5.41, 5.74) is 1.90. The van der Waals surface area contributed by atoms with Crippen molar-refractivity contribution in [2.24, 2.45) is 0 Å². The molecule has 70 valence electrons. The van der Waals surface area contributed by atoms with Crippen LogP contribution < -0.4 is 5.32 Å². The molecule has 0 radical (unpaired) electrons. The van der Waals surface area contributed by atoms with Crippen LogP contribution in [0.25, 0.3) is 6.08 Å². The maximum atomic E-state index is 5.62. The smallest absolute Gasteiger partial charge is 0.222 e. The van der Waals surface area contributed by atoms with Gasteiger partial charge in [-0.3, -0.25) is 0 Å². The molecule has 0 amide bonds. The Morgan fingerprint density at radius 3 is 3.00 bits per heavy atom. The molecule has 0 bridgehead atoms. The van der Waals surface area contributed by atoms with Crippen molar-refractivity contribution in [3.8, 4) is 0 Å². The van der Waals surface area contributed by atoms with E-state index in [1.54, 1.807) is 6.20 Å². The van der Waals surface area contributed by atoms with Gasteiger partial charge in [0, 0.05) is 24.0 Å². The Balaban J connectivity index is 2.77. The lowest BCUT2D eigenvalue weighted by Gasteiger charge is -1.98. The van der Waals surface area contributed by atoms with Crippen LogP contribution >= 0.6 is 11.6 Å². The molecule has 0 aliphatic heterocycles. The number of likely N-dealkylation sites (N-methyl/N-ethyl adjacent to an activating group) is 1. The number of rotatable bonds is 3. The third-order valence-electron chi connectivity index (χ3n) is 1.61. The van der Waals surface area contributed by atoms with Gasteiger partial charge in [-0.2, -0.15) is 0 Å². The Kier molecular flexibility index (Phi) is 3.86. The molecule has 0 spiro atoms. The fourth-order valence-electron chi connectivity index (χ4n) is 0.915. The predicted octanol–water partition coefficient (Wildman–Crippen LogP) is 1.67. The second-order valence-electron chi connectivity index (χ2n) is 2.64. The van der Waals surface area contributed by atoms with Crippen LogP contribution in [0.15, 0.2) is 12.3 Å². The second-order valence-corrected chi connectivity index (χ2v) is 2.98. The maximum Gasteiger partial charge on any atom is 0.222 e. The lowest BCUT2D eigenvalue weighted by molar-refractivity contribution is 0.922. The first kappa shape index (κ1) is 10.2. The molecule has 4 heteroatoms. The molecule has 0 aromatic carbocycles. The number of nitrogens with one attached hydrogen (secondary N) is 1. The SMILES string of the molecule is CNCC=Cc1cnc(Cl)nc1C. The van der Waals surface area contributed by atoms with Crippen molar-refractivity contribution >= 4 is 17.7 Å². The normalized spacial score (nSPS) is 11.0. The van der Waals surface area contributed by atoms with E-state index in [2.05, 4.69) is 15.3 Å². The minimum Gasteiger partial charge on any atom is -0.316 e. The van der Waals surface area contributed by atoms with Gasteiger partial charge >= 0.3 is 0 Å². The highest BCUT2D eigenvalue weighted by atomic mass is 35.5. The Morgan fingerprint density at radius 2 is 2.38 bits per heavy atom. The average molecular weight is 198 g/mol. The van der Waals surface area contributed by atoms with Crippen LogP contribution in [0, 0.1) is 6.92 Å². The van der Waals surface area contributed by atoms with E-state index in [9.17, 15) is 0 Å². The zero-order valence-corrected chi connectivity index (χ0v) is 8.47. The number of hydrogen-bond donors (Lipinski definition) is 1. The van der Waals surface area contributed by atoms with E-state index < -0.39 is 0 Å². The summed E-state index contributed by atoms with van der Waals surface area (Å²) in [6, 6.07) is 0. The molecule has 0 aliphatic rings. The summed E-state index contributed by atoms with van der Waals surface area (Å²) < 4.78 is 0. The van der Waals surface area contributed by atoms with Crippen LogP contribution in [0.5, 0.6) is 0 Å². The Bertz CT molecular complexity index is 310. The number of aryl methyl sites for hydroxylation is 1. The summed E-state index contributed by atoms with van der Waals surface area (Å²) in [4.78, 5) is 7.94. The van der Waals surface area contributed by atoms with Crippen molar-refractivity contribution in [1.82, 2.24) is 15.3 Å². The summed E-state index contributed by atoms with van der Waals surface area (Å²) in [6.07, 6.45) is 5.71. The highest BCUT2D eigenvalue weighted by Gasteiger charge is 1.96. The highest BCUT2D eigenvalue weighted by molar-refractivity contribution is 6.28. The van der Waals surface area contributed by atoms with Crippen molar-refractivity contribution in [3.05, 3.63) is 28.8 Å². The van der Waals surface area contributed by atoms with E-state index in [0.717, 1.165) is 17.8 Å². The van der Waals surface area contributed by atoms with E-state index in [1.807, 2.05) is 26.1 Å². The highest BCUT2D eigenvalue weighted by Crippen LogP contribution is 2.08. The number of aromatic nitrogens is 2. The van der Waals surface area contributed by atoms with Crippen LogP contribution in [0.3, 0.4) is 0 Å². The number of nitrogens with zero attached hydrogens (tertiary/aromatic N) is 2. The fraction of sp³-hybridized carbons (Fsp3) is 0.333. The number of hydrogen-bond acceptors (Lipinski definition) is 3. The van der Waals surface area contributed by atoms with Gasteiger partial charge in [-0.15, -0.1) is 0 Å². The number of halogens is 1. The van der Waals surface area contributed by atoms with Gasteiger partial charge in [0.1, 0.15) is 0 Å². The minimum atomic E-state index is 0.295. The molecule has 1 rings (SSSR count). The largest absolute Gasteiger partial charge is 0.316 e. The second kappa shape index (κ2) is 4.94. The monoisotopic (exact) mass is 197 g/mol. The fourth-order valence-corrected chi connectivity index (χ4v) is 1.09. The van der Waals surface area contributed by atoms with Gasteiger partial charge in [-0.1, -0.05) is 12.2 Å². The van der Waals surface area contributed by atoms with E-state index >= 15 is 0 Å². The van der Waals surface area contributed by atoms with Crippen molar-refractivity contribution in [3.63, 3.8) is 0 Å². The molecular formula is C9H12ClN3. The first-order chi connectivity index (χ1) is 6.24. The molecule has 0 saturated heterocycles. The van der Waals surface area contributed by atoms with Crippen molar-refractivity contribution in [1.29, 1.82) is 0 Å². The van der Waals surface area contributed by atoms with Crippen molar-refractivity contribution in [2.75, 3.05) is 13.6 Å². The zero-order valence-electron chi connectivity index (χ0n) is 7.71. The van der Waals surface area contributed by atoms with Crippen LogP contribution in [-0.4, -0.2) is 23.6 Å². The molecule has 1 aromatic rings. The Morgan fingerprint density at radius 1 is 1.62 bits per heavy atom. The summed E-state index contributed by atoms with van der Waals surface area (Å²) in [5.74, 6) is 0. The average Bonchev–Trinajstić information content (AvgIpc) is 2.09.